The first-order chi connectivity index (χ1) is 4.79. The fourth-order valence-corrected chi connectivity index (χ4v) is 0.519. The summed E-state index contributed by atoms with van der Waals surface area (Å²) in [6.45, 7) is 0. The van der Waals surface area contributed by atoms with Crippen LogP contribution in [-0.2, 0) is 9.47 Å². The number of hydrogen-bond donors (Lipinski definition) is 0. The Labute approximate surface area is 59.6 Å². The molecule has 10 heavy (non-hydrogen) atoms. The normalized spacial score (nSPS) is 9.40. The largest absolute Gasteiger partial charge is 0.353 e. The molecule has 0 spiro atoms. The molecule has 0 amide bonds. The Morgan fingerprint density at radius 1 is 1.10 bits per heavy atom. The number of nitriles is 2. The lowest BCUT2D eigenvalue weighted by Gasteiger charge is -2.11. The minimum absolute atomic E-state index is 0.741. The van der Waals surface area contributed by atoms with Gasteiger partial charge in [-0.3, -0.25) is 0 Å². The summed E-state index contributed by atoms with van der Waals surface area (Å²) in [5, 5.41) is 16.7. The zero-order chi connectivity index (χ0) is 7.98. The van der Waals surface area contributed by atoms with E-state index in [1.807, 2.05) is 0 Å². The summed E-state index contributed by atoms with van der Waals surface area (Å²) in [6, 6.07) is 3.49. The zero-order valence-electron chi connectivity index (χ0n) is 5.87. The maximum absolute atomic E-state index is 8.33. The van der Waals surface area contributed by atoms with E-state index in [2.05, 4.69) is 9.47 Å². The maximum Gasteiger partial charge on any atom is 0.185 e. The van der Waals surface area contributed by atoms with E-state index in [9.17, 15) is 0 Å². The van der Waals surface area contributed by atoms with Crippen LogP contribution in [0.15, 0.2) is 0 Å². The minimum Gasteiger partial charge on any atom is -0.353 e. The summed E-state index contributed by atoms with van der Waals surface area (Å²) >= 11 is 0. The molecule has 0 radical (unpaired) electrons. The van der Waals surface area contributed by atoms with Crippen LogP contribution in [0.5, 0.6) is 0 Å². The van der Waals surface area contributed by atoms with Crippen molar-refractivity contribution in [2.24, 2.45) is 5.92 Å². The van der Waals surface area contributed by atoms with Crippen molar-refractivity contribution in [2.75, 3.05) is 14.2 Å². The van der Waals surface area contributed by atoms with Gasteiger partial charge in [0.25, 0.3) is 0 Å². The van der Waals surface area contributed by atoms with E-state index in [1.165, 1.54) is 14.2 Å². The second-order valence-corrected chi connectivity index (χ2v) is 1.58. The van der Waals surface area contributed by atoms with E-state index in [4.69, 9.17) is 10.5 Å². The van der Waals surface area contributed by atoms with Gasteiger partial charge in [0.1, 0.15) is 0 Å². The molecule has 0 aromatic carbocycles. The number of nitrogens with zero attached hydrogens (tertiary/aromatic N) is 2. The van der Waals surface area contributed by atoms with Gasteiger partial charge in [0.15, 0.2) is 12.2 Å². The summed E-state index contributed by atoms with van der Waals surface area (Å²) < 4.78 is 9.35. The van der Waals surface area contributed by atoms with Crippen LogP contribution in [0, 0.1) is 28.6 Å². The molecule has 0 aliphatic carbocycles. The van der Waals surface area contributed by atoms with Crippen LogP contribution in [0.3, 0.4) is 0 Å². The minimum atomic E-state index is -0.852. The molecule has 4 heteroatoms. The summed E-state index contributed by atoms with van der Waals surface area (Å²) in [5.74, 6) is -0.852. The highest BCUT2D eigenvalue weighted by molar-refractivity contribution is 5.00. The van der Waals surface area contributed by atoms with Crippen LogP contribution in [0.25, 0.3) is 0 Å². The van der Waals surface area contributed by atoms with Crippen LogP contribution in [0.2, 0.25) is 0 Å². The predicted octanol–water partition coefficient (Wildman–Crippen LogP) is 0.269. The number of ether oxygens (including phenoxy) is 2. The van der Waals surface area contributed by atoms with Crippen molar-refractivity contribution in [3.63, 3.8) is 0 Å². The summed E-state index contributed by atoms with van der Waals surface area (Å²) in [4.78, 5) is 0. The average molecular weight is 140 g/mol. The molecular weight excluding hydrogens is 132 g/mol. The Morgan fingerprint density at radius 3 is 1.60 bits per heavy atom. The first-order valence-corrected chi connectivity index (χ1v) is 2.65. The molecule has 0 N–H and O–H groups in total. The number of hydrogen-bond acceptors (Lipinski definition) is 4. The Morgan fingerprint density at radius 2 is 1.50 bits per heavy atom. The van der Waals surface area contributed by atoms with Gasteiger partial charge in [0.05, 0.1) is 12.1 Å². The Balaban J connectivity index is 4.02. The molecule has 0 aliphatic heterocycles. The van der Waals surface area contributed by atoms with Crippen molar-refractivity contribution in [3.05, 3.63) is 0 Å². The lowest BCUT2D eigenvalue weighted by Crippen LogP contribution is -2.22. The van der Waals surface area contributed by atoms with E-state index in [-0.39, 0.29) is 0 Å². The van der Waals surface area contributed by atoms with Gasteiger partial charge in [-0.2, -0.15) is 10.5 Å². The van der Waals surface area contributed by atoms with Crippen molar-refractivity contribution in [3.8, 4) is 12.1 Å². The van der Waals surface area contributed by atoms with Crippen LogP contribution in [0.1, 0.15) is 0 Å². The lowest BCUT2D eigenvalue weighted by atomic mass is 10.2. The van der Waals surface area contributed by atoms with Crippen molar-refractivity contribution >= 4 is 0 Å². The fraction of sp³-hybridized carbons (Fsp3) is 0.667. The molecule has 54 valence electrons. The topological polar surface area (TPSA) is 66.0 Å². The quantitative estimate of drug-likeness (QED) is 0.527. The third-order valence-corrected chi connectivity index (χ3v) is 1.01. The lowest BCUT2D eigenvalue weighted by molar-refractivity contribution is -0.113. The summed E-state index contributed by atoms with van der Waals surface area (Å²) in [5.41, 5.74) is 0. The maximum atomic E-state index is 8.33. The van der Waals surface area contributed by atoms with Gasteiger partial charge in [0.2, 0.25) is 0 Å². The van der Waals surface area contributed by atoms with E-state index >= 15 is 0 Å². The van der Waals surface area contributed by atoms with Crippen LogP contribution < -0.4 is 0 Å². The molecule has 0 unspecified atom stereocenters. The van der Waals surface area contributed by atoms with Crippen molar-refractivity contribution in [1.29, 1.82) is 10.5 Å². The molecular formula is C6H8N2O2. The third-order valence-electron chi connectivity index (χ3n) is 1.01. The van der Waals surface area contributed by atoms with Gasteiger partial charge in [-0.25, -0.2) is 0 Å². The highest BCUT2D eigenvalue weighted by atomic mass is 16.7. The third kappa shape index (κ3) is 2.02. The molecule has 0 bridgehead atoms. The van der Waals surface area contributed by atoms with Crippen molar-refractivity contribution < 1.29 is 9.47 Å². The van der Waals surface area contributed by atoms with E-state index in [1.54, 1.807) is 12.1 Å². The second kappa shape index (κ2) is 4.75. The van der Waals surface area contributed by atoms with Gasteiger partial charge in [-0.1, -0.05) is 0 Å². The summed E-state index contributed by atoms with van der Waals surface area (Å²) in [7, 11) is 2.77. The molecule has 4 nitrogen and oxygen atoms in total. The standard InChI is InChI=1S/C6H8N2O2/c1-9-6(10-2)5(3-7)4-8/h5-6H,1-2H3. The monoisotopic (exact) mass is 140 g/mol. The van der Waals surface area contributed by atoms with Crippen LogP contribution in [0.4, 0.5) is 0 Å². The fourth-order valence-electron chi connectivity index (χ4n) is 0.519. The first kappa shape index (κ1) is 8.90. The Bertz CT molecular complexity index is 150. The van der Waals surface area contributed by atoms with Gasteiger partial charge < -0.3 is 9.47 Å². The number of rotatable bonds is 3. The Kier molecular flexibility index (Phi) is 4.23. The zero-order valence-corrected chi connectivity index (χ0v) is 5.87. The molecule has 0 saturated heterocycles. The molecule has 0 heterocycles. The van der Waals surface area contributed by atoms with Crippen molar-refractivity contribution in [1.82, 2.24) is 0 Å². The Hall–Kier alpha value is -1.10. The SMILES string of the molecule is COC(OC)C(C#N)C#N. The highest BCUT2D eigenvalue weighted by Gasteiger charge is 2.18. The molecule has 0 aromatic heterocycles. The van der Waals surface area contributed by atoms with Gasteiger partial charge in [-0.15, -0.1) is 0 Å². The smallest absolute Gasteiger partial charge is 0.185 e. The van der Waals surface area contributed by atoms with E-state index in [0.717, 1.165) is 0 Å². The molecule has 0 rings (SSSR count). The first-order valence-electron chi connectivity index (χ1n) is 2.65. The molecule has 0 fully saturated rings. The molecule has 0 atom stereocenters. The van der Waals surface area contributed by atoms with E-state index < -0.39 is 12.2 Å². The van der Waals surface area contributed by atoms with Gasteiger partial charge in [0, 0.05) is 14.2 Å². The van der Waals surface area contributed by atoms with Crippen LogP contribution in [-0.4, -0.2) is 20.5 Å². The average Bonchev–Trinajstić information content (AvgIpc) is 2.00. The van der Waals surface area contributed by atoms with Crippen LogP contribution >= 0.6 is 0 Å². The van der Waals surface area contributed by atoms with Gasteiger partial charge >= 0.3 is 0 Å². The van der Waals surface area contributed by atoms with E-state index in [0.29, 0.717) is 0 Å². The van der Waals surface area contributed by atoms with Gasteiger partial charge in [-0.05, 0) is 0 Å². The molecule has 0 aliphatic rings. The highest BCUT2D eigenvalue weighted by Crippen LogP contribution is 2.04. The predicted molar refractivity (Wildman–Crippen MR) is 32.5 cm³/mol. The number of methoxy groups -OCH3 is 2. The molecule has 0 aromatic rings. The molecule has 0 saturated carbocycles. The van der Waals surface area contributed by atoms with Crippen molar-refractivity contribution in [2.45, 2.75) is 6.29 Å². The second-order valence-electron chi connectivity index (χ2n) is 1.58. The summed E-state index contributed by atoms with van der Waals surface area (Å²) in [6.07, 6.45) is -0.741.